The Morgan fingerprint density at radius 1 is 0.478 bits per heavy atom. The maximum Gasteiger partial charge on any atom is 0.0547 e. The maximum absolute atomic E-state index is 2.65. The summed E-state index contributed by atoms with van der Waals surface area (Å²) < 4.78 is 2.53. The van der Waals surface area contributed by atoms with Crippen molar-refractivity contribution in [2.24, 2.45) is 0 Å². The van der Waals surface area contributed by atoms with Crippen LogP contribution in [0.15, 0.2) is 84.9 Å². The summed E-state index contributed by atoms with van der Waals surface area (Å²) in [4.78, 5) is 0. The molecule has 0 aliphatic heterocycles. The van der Waals surface area contributed by atoms with Gasteiger partial charge in [0, 0.05) is 21.9 Å². The summed E-state index contributed by atoms with van der Waals surface area (Å²) >= 11 is 0. The molecule has 4 aromatic carbocycles. The number of fused-ring (bicyclic) bond motifs is 6. The van der Waals surface area contributed by atoms with Crippen molar-refractivity contribution in [1.29, 1.82) is 0 Å². The molecule has 6 rings (SSSR count). The van der Waals surface area contributed by atoms with Gasteiger partial charge in [0.05, 0.1) is 11.0 Å². The number of unbranched alkanes of at least 4 members (excludes halogenated alkanes) is 11. The average molecular weight is 612 g/mol. The lowest BCUT2D eigenvalue weighted by Gasteiger charge is -2.33. The Kier molecular flexibility index (Phi) is 11.0. The van der Waals surface area contributed by atoms with E-state index in [9.17, 15) is 0 Å². The maximum atomic E-state index is 2.65. The summed E-state index contributed by atoms with van der Waals surface area (Å²) in [5.41, 5.74) is 11.6. The van der Waals surface area contributed by atoms with Crippen molar-refractivity contribution in [1.82, 2.24) is 4.57 Å². The lowest BCUT2D eigenvalue weighted by Crippen LogP contribution is -2.25. The smallest absolute Gasteiger partial charge is 0.0547 e. The van der Waals surface area contributed by atoms with Crippen molar-refractivity contribution < 1.29 is 0 Å². The fourth-order valence-corrected chi connectivity index (χ4v) is 8.46. The average Bonchev–Trinajstić information content (AvgIpc) is 3.56. The van der Waals surface area contributed by atoms with Crippen molar-refractivity contribution in [3.63, 3.8) is 0 Å². The Balaban J connectivity index is 1.45. The van der Waals surface area contributed by atoms with Crippen LogP contribution in [0.1, 0.15) is 140 Å². The molecule has 242 valence electrons. The van der Waals surface area contributed by atoms with Gasteiger partial charge in [-0.2, -0.15) is 0 Å². The molecule has 0 radical (unpaired) electrons. The van der Waals surface area contributed by atoms with Crippen molar-refractivity contribution >= 4 is 21.8 Å². The second kappa shape index (κ2) is 15.5. The van der Waals surface area contributed by atoms with E-state index < -0.39 is 0 Å². The predicted molar refractivity (Wildman–Crippen MR) is 202 cm³/mol. The lowest BCUT2D eigenvalue weighted by atomic mass is 9.70. The zero-order chi connectivity index (χ0) is 31.8. The van der Waals surface area contributed by atoms with Gasteiger partial charge >= 0.3 is 0 Å². The Morgan fingerprint density at radius 2 is 1.09 bits per heavy atom. The molecule has 1 aliphatic carbocycles. The van der Waals surface area contributed by atoms with Crippen LogP contribution in [0.4, 0.5) is 0 Å². The van der Waals surface area contributed by atoms with Crippen molar-refractivity contribution in [2.75, 3.05) is 0 Å². The number of aryl methyl sites for hydroxylation is 1. The molecule has 0 unspecified atom stereocenters. The monoisotopic (exact) mass is 611 g/mol. The molecule has 0 bridgehead atoms. The second-order valence-electron chi connectivity index (χ2n) is 14.2. The molecule has 0 N–H and O–H groups in total. The minimum atomic E-state index is 0.111. The van der Waals surface area contributed by atoms with Gasteiger partial charge in [-0.3, -0.25) is 0 Å². The third-order valence-corrected chi connectivity index (χ3v) is 11.0. The molecule has 0 saturated heterocycles. The highest BCUT2D eigenvalue weighted by Crippen LogP contribution is 2.55. The number of rotatable bonds is 18. The van der Waals surface area contributed by atoms with E-state index in [4.69, 9.17) is 0 Å². The molecule has 0 fully saturated rings. The van der Waals surface area contributed by atoms with Gasteiger partial charge in [-0.25, -0.2) is 0 Å². The summed E-state index contributed by atoms with van der Waals surface area (Å²) in [6.45, 7) is 6.92. The SMILES string of the molecule is CCCCCCCCC1(CCCCCCCC)c2ccccc2-c2cc3c(cc21)c1ccccc1n3-c1ccc(CCCC)cc1. The Morgan fingerprint density at radius 3 is 1.78 bits per heavy atom. The van der Waals surface area contributed by atoms with Crippen LogP contribution < -0.4 is 0 Å². The number of para-hydroxylation sites is 1. The van der Waals surface area contributed by atoms with Gasteiger partial charge in [0.1, 0.15) is 0 Å². The summed E-state index contributed by atoms with van der Waals surface area (Å²) in [5, 5.41) is 2.78. The van der Waals surface area contributed by atoms with E-state index in [0.717, 1.165) is 6.42 Å². The van der Waals surface area contributed by atoms with E-state index >= 15 is 0 Å². The molecule has 0 saturated carbocycles. The Labute approximate surface area is 279 Å². The van der Waals surface area contributed by atoms with Gasteiger partial charge < -0.3 is 4.57 Å². The first-order chi connectivity index (χ1) is 22.7. The van der Waals surface area contributed by atoms with Crippen LogP contribution in [-0.4, -0.2) is 4.57 Å². The fraction of sp³-hybridized carbons (Fsp3) is 0.467. The number of hydrogen-bond donors (Lipinski definition) is 0. The molecule has 0 atom stereocenters. The van der Waals surface area contributed by atoms with Gasteiger partial charge in [-0.05, 0) is 83.8 Å². The minimum Gasteiger partial charge on any atom is -0.309 e. The quantitative estimate of drug-likeness (QED) is 0.0869. The van der Waals surface area contributed by atoms with Gasteiger partial charge in [0.15, 0.2) is 0 Å². The van der Waals surface area contributed by atoms with Crippen LogP contribution in [-0.2, 0) is 11.8 Å². The van der Waals surface area contributed by atoms with E-state index in [1.807, 2.05) is 0 Å². The molecular formula is C45H57N. The van der Waals surface area contributed by atoms with E-state index in [0.29, 0.717) is 0 Å². The van der Waals surface area contributed by atoms with Gasteiger partial charge in [-0.15, -0.1) is 0 Å². The highest BCUT2D eigenvalue weighted by molar-refractivity contribution is 6.11. The molecule has 1 nitrogen and oxygen atoms in total. The highest BCUT2D eigenvalue weighted by atomic mass is 15.0. The van der Waals surface area contributed by atoms with E-state index in [1.165, 1.54) is 147 Å². The molecular weight excluding hydrogens is 555 g/mol. The number of nitrogens with zero attached hydrogens (tertiary/aromatic N) is 1. The summed E-state index contributed by atoms with van der Waals surface area (Å²) in [5.74, 6) is 0. The van der Waals surface area contributed by atoms with Crippen molar-refractivity contribution in [2.45, 2.75) is 135 Å². The van der Waals surface area contributed by atoms with Gasteiger partial charge in [0.2, 0.25) is 0 Å². The zero-order valence-electron chi connectivity index (χ0n) is 29.1. The fourth-order valence-electron chi connectivity index (χ4n) is 8.46. The van der Waals surface area contributed by atoms with Crippen LogP contribution in [0.3, 0.4) is 0 Å². The summed E-state index contributed by atoms with van der Waals surface area (Å²) in [6, 6.07) is 33.2. The standard InChI is InChI=1S/C45H57N/c1-4-7-10-12-14-20-31-45(32-21-15-13-11-8-5-2)41-25-18-16-23-37(41)39-34-44-40(33-42(39)45)38-24-17-19-26-43(38)46(44)36-29-27-35(28-30-36)22-9-6-3/h16-19,23-30,33-34H,4-15,20-22,31-32H2,1-3H3. The predicted octanol–water partition coefficient (Wildman–Crippen LogP) is 13.9. The van der Waals surface area contributed by atoms with Crippen molar-refractivity contribution in [3.05, 3.63) is 102 Å². The lowest BCUT2D eigenvalue weighted by molar-refractivity contribution is 0.398. The second-order valence-corrected chi connectivity index (χ2v) is 14.2. The zero-order valence-corrected chi connectivity index (χ0v) is 29.1. The summed E-state index contributed by atoms with van der Waals surface area (Å²) in [7, 11) is 0. The molecule has 0 amide bonds. The molecule has 0 spiro atoms. The van der Waals surface area contributed by atoms with E-state index in [2.05, 4.69) is 110 Å². The third-order valence-electron chi connectivity index (χ3n) is 11.0. The van der Waals surface area contributed by atoms with Crippen molar-refractivity contribution in [3.8, 4) is 16.8 Å². The van der Waals surface area contributed by atoms with E-state index in [1.54, 1.807) is 11.1 Å². The third kappa shape index (κ3) is 6.58. The topological polar surface area (TPSA) is 4.93 Å². The molecule has 1 aromatic heterocycles. The highest BCUT2D eigenvalue weighted by Gasteiger charge is 2.42. The minimum absolute atomic E-state index is 0.111. The first-order valence-corrected chi connectivity index (χ1v) is 19.0. The van der Waals surface area contributed by atoms with Crippen LogP contribution >= 0.6 is 0 Å². The number of hydrogen-bond acceptors (Lipinski definition) is 0. The van der Waals surface area contributed by atoms with Gasteiger partial charge in [-0.1, -0.05) is 159 Å². The molecule has 46 heavy (non-hydrogen) atoms. The number of benzene rings is 4. The molecule has 1 heteroatoms. The normalized spacial score (nSPS) is 13.5. The number of aromatic nitrogens is 1. The molecule has 1 heterocycles. The largest absolute Gasteiger partial charge is 0.309 e. The molecule has 1 aliphatic rings. The van der Waals surface area contributed by atoms with Gasteiger partial charge in [0.25, 0.3) is 0 Å². The van der Waals surface area contributed by atoms with Crippen LogP contribution in [0.5, 0.6) is 0 Å². The van der Waals surface area contributed by atoms with E-state index in [-0.39, 0.29) is 5.41 Å². The Hall–Kier alpha value is -3.32. The van der Waals surface area contributed by atoms with Crippen LogP contribution in [0.2, 0.25) is 0 Å². The summed E-state index contributed by atoms with van der Waals surface area (Å²) in [6.07, 6.45) is 22.4. The van der Waals surface area contributed by atoms with Crippen LogP contribution in [0.25, 0.3) is 38.6 Å². The first-order valence-electron chi connectivity index (χ1n) is 19.0. The first kappa shape index (κ1) is 32.6. The molecule has 5 aromatic rings. The Bertz CT molecular complexity index is 1690. The van der Waals surface area contributed by atoms with Crippen LogP contribution in [0, 0.1) is 0 Å².